The highest BCUT2D eigenvalue weighted by molar-refractivity contribution is 7.89. The minimum atomic E-state index is -3.73. The summed E-state index contributed by atoms with van der Waals surface area (Å²) in [5, 5.41) is 0. The van der Waals surface area contributed by atoms with Gasteiger partial charge in [0.2, 0.25) is 20.0 Å². The van der Waals surface area contributed by atoms with Crippen LogP contribution in [0.1, 0.15) is 12.5 Å². The molecule has 0 aliphatic carbocycles. The van der Waals surface area contributed by atoms with E-state index < -0.39 is 20.0 Å². The van der Waals surface area contributed by atoms with E-state index in [4.69, 9.17) is 4.74 Å². The van der Waals surface area contributed by atoms with E-state index in [0.717, 1.165) is 5.56 Å². The molecule has 2 aromatic carbocycles. The molecule has 1 heterocycles. The zero-order chi connectivity index (χ0) is 20.2. The van der Waals surface area contributed by atoms with Crippen LogP contribution in [0.25, 0.3) is 0 Å². The van der Waals surface area contributed by atoms with Crippen LogP contribution in [0.3, 0.4) is 0 Å². The maximum atomic E-state index is 13.0. The summed E-state index contributed by atoms with van der Waals surface area (Å²) in [4.78, 5) is 0.158. The van der Waals surface area contributed by atoms with Gasteiger partial charge in [0.05, 0.1) is 23.0 Å². The normalized spacial score (nSPS) is 16.4. The molecule has 1 fully saturated rings. The Balaban J connectivity index is 1.82. The molecule has 0 amide bonds. The molecule has 1 aliphatic rings. The number of morpholine rings is 1. The average Bonchev–Trinajstić information content (AvgIpc) is 2.73. The van der Waals surface area contributed by atoms with Gasteiger partial charge >= 0.3 is 0 Å². The third kappa shape index (κ3) is 4.44. The van der Waals surface area contributed by atoms with Crippen molar-refractivity contribution < 1.29 is 21.6 Å². The Morgan fingerprint density at radius 3 is 2.04 bits per heavy atom. The Bertz CT molecular complexity index is 984. The highest BCUT2D eigenvalue weighted by Crippen LogP contribution is 2.22. The third-order valence-corrected chi connectivity index (χ3v) is 8.47. The summed E-state index contributed by atoms with van der Waals surface area (Å²) in [6, 6.07) is 14.8. The molecule has 0 unspecified atom stereocenters. The number of benzene rings is 2. The number of sulfonamides is 2. The first kappa shape index (κ1) is 20.9. The van der Waals surface area contributed by atoms with E-state index >= 15 is 0 Å². The number of hydrogen-bond acceptors (Lipinski definition) is 5. The average molecular weight is 425 g/mol. The van der Waals surface area contributed by atoms with Gasteiger partial charge in [-0.2, -0.15) is 8.61 Å². The van der Waals surface area contributed by atoms with Crippen molar-refractivity contribution in [1.82, 2.24) is 8.61 Å². The van der Waals surface area contributed by atoms with E-state index in [-0.39, 0.29) is 16.3 Å². The summed E-state index contributed by atoms with van der Waals surface area (Å²) < 4.78 is 59.3. The Morgan fingerprint density at radius 1 is 0.893 bits per heavy atom. The van der Waals surface area contributed by atoms with Gasteiger partial charge in [-0.25, -0.2) is 16.8 Å². The molecule has 152 valence electrons. The fourth-order valence-corrected chi connectivity index (χ4v) is 5.87. The molecule has 0 atom stereocenters. The first-order valence-electron chi connectivity index (χ1n) is 9.08. The van der Waals surface area contributed by atoms with Crippen LogP contribution < -0.4 is 0 Å². The molecule has 1 aliphatic heterocycles. The lowest BCUT2D eigenvalue weighted by Crippen LogP contribution is -2.40. The second-order valence-corrected chi connectivity index (χ2v) is 10.3. The van der Waals surface area contributed by atoms with Gasteiger partial charge < -0.3 is 4.74 Å². The lowest BCUT2D eigenvalue weighted by atomic mass is 10.2. The van der Waals surface area contributed by atoms with E-state index in [9.17, 15) is 16.8 Å². The second-order valence-electron chi connectivity index (χ2n) is 6.40. The second kappa shape index (κ2) is 8.71. The van der Waals surface area contributed by atoms with E-state index in [1.54, 1.807) is 6.92 Å². The molecule has 28 heavy (non-hydrogen) atoms. The minimum absolute atomic E-state index is 0.0752. The molecular weight excluding hydrogens is 400 g/mol. The van der Waals surface area contributed by atoms with Gasteiger partial charge in [-0.1, -0.05) is 37.3 Å². The predicted octanol–water partition coefficient (Wildman–Crippen LogP) is 1.92. The van der Waals surface area contributed by atoms with Gasteiger partial charge in [0.25, 0.3) is 0 Å². The minimum Gasteiger partial charge on any atom is -0.379 e. The monoisotopic (exact) mass is 424 g/mol. The molecule has 7 nitrogen and oxygen atoms in total. The maximum Gasteiger partial charge on any atom is 0.243 e. The fourth-order valence-electron chi connectivity index (χ4n) is 3.02. The van der Waals surface area contributed by atoms with Gasteiger partial charge in [0.15, 0.2) is 0 Å². The summed E-state index contributed by atoms with van der Waals surface area (Å²) in [7, 11) is -7.39. The molecular formula is C19H24N2O5S2. The van der Waals surface area contributed by atoms with Crippen LogP contribution in [0.15, 0.2) is 64.4 Å². The summed E-state index contributed by atoms with van der Waals surface area (Å²) in [5.74, 6) is 0. The Kier molecular flexibility index (Phi) is 6.51. The molecule has 0 radical (unpaired) electrons. The quantitative estimate of drug-likeness (QED) is 0.678. The molecule has 1 saturated heterocycles. The van der Waals surface area contributed by atoms with Crippen LogP contribution in [-0.4, -0.2) is 58.3 Å². The predicted molar refractivity (Wildman–Crippen MR) is 106 cm³/mol. The zero-order valence-corrected chi connectivity index (χ0v) is 17.3. The summed E-state index contributed by atoms with van der Waals surface area (Å²) in [6.45, 7) is 3.65. The van der Waals surface area contributed by atoms with Crippen molar-refractivity contribution in [2.24, 2.45) is 0 Å². The van der Waals surface area contributed by atoms with Crippen LogP contribution in [0.2, 0.25) is 0 Å². The van der Waals surface area contributed by atoms with Crippen LogP contribution in [0, 0.1) is 0 Å². The number of rotatable bonds is 7. The molecule has 9 heteroatoms. The number of ether oxygens (including phenoxy) is 1. The fraction of sp³-hybridized carbons (Fsp3) is 0.368. The van der Waals surface area contributed by atoms with Crippen LogP contribution in [0.5, 0.6) is 0 Å². The molecule has 2 aromatic rings. The molecule has 0 N–H and O–H groups in total. The summed E-state index contributed by atoms with van der Waals surface area (Å²) >= 11 is 0. The van der Waals surface area contributed by atoms with E-state index in [1.165, 1.54) is 32.9 Å². The van der Waals surface area contributed by atoms with Gasteiger partial charge in [-0.3, -0.25) is 0 Å². The molecule has 0 saturated carbocycles. The topological polar surface area (TPSA) is 84.0 Å². The maximum absolute atomic E-state index is 13.0. The lowest BCUT2D eigenvalue weighted by molar-refractivity contribution is 0.0730. The highest BCUT2D eigenvalue weighted by Gasteiger charge is 2.28. The largest absolute Gasteiger partial charge is 0.379 e. The van der Waals surface area contributed by atoms with Crippen molar-refractivity contribution >= 4 is 20.0 Å². The van der Waals surface area contributed by atoms with Crippen molar-refractivity contribution in [2.75, 3.05) is 32.8 Å². The van der Waals surface area contributed by atoms with Crippen molar-refractivity contribution in [3.63, 3.8) is 0 Å². The van der Waals surface area contributed by atoms with Crippen LogP contribution in [-0.2, 0) is 31.3 Å². The third-order valence-electron chi connectivity index (χ3n) is 4.62. The van der Waals surface area contributed by atoms with Gasteiger partial charge in [0, 0.05) is 26.2 Å². The SMILES string of the molecule is CCN(Cc1ccccc1)S(=O)(=O)c1ccc(S(=O)(=O)N2CCOCC2)cc1. The van der Waals surface area contributed by atoms with E-state index in [0.29, 0.717) is 32.8 Å². The van der Waals surface area contributed by atoms with Crippen LogP contribution in [0.4, 0.5) is 0 Å². The zero-order valence-electron chi connectivity index (χ0n) is 15.7. The van der Waals surface area contributed by atoms with Gasteiger partial charge in [-0.05, 0) is 29.8 Å². The van der Waals surface area contributed by atoms with E-state index in [2.05, 4.69) is 0 Å². The molecule has 0 aromatic heterocycles. The Labute approximate surface area is 166 Å². The van der Waals surface area contributed by atoms with Crippen molar-refractivity contribution in [1.29, 1.82) is 0 Å². The van der Waals surface area contributed by atoms with Gasteiger partial charge in [-0.15, -0.1) is 0 Å². The van der Waals surface area contributed by atoms with Crippen molar-refractivity contribution in [3.05, 3.63) is 60.2 Å². The van der Waals surface area contributed by atoms with Crippen molar-refractivity contribution in [3.8, 4) is 0 Å². The molecule has 0 bridgehead atoms. The Morgan fingerprint density at radius 2 is 1.46 bits per heavy atom. The number of nitrogens with zero attached hydrogens (tertiary/aromatic N) is 2. The summed E-state index contributed by atoms with van der Waals surface area (Å²) in [6.07, 6.45) is 0. The first-order chi connectivity index (χ1) is 13.4. The first-order valence-corrected chi connectivity index (χ1v) is 12.0. The van der Waals surface area contributed by atoms with E-state index in [1.807, 2.05) is 30.3 Å². The Hall–Kier alpha value is -1.78. The van der Waals surface area contributed by atoms with Gasteiger partial charge in [0.1, 0.15) is 0 Å². The number of hydrogen-bond donors (Lipinski definition) is 0. The molecule has 0 spiro atoms. The molecule has 3 rings (SSSR count). The standard InChI is InChI=1S/C19H24N2O5S2/c1-2-20(16-17-6-4-3-5-7-17)27(22,23)18-8-10-19(11-9-18)28(24,25)21-12-14-26-15-13-21/h3-11H,2,12-16H2,1H3. The highest BCUT2D eigenvalue weighted by atomic mass is 32.2. The summed E-state index contributed by atoms with van der Waals surface area (Å²) in [5.41, 5.74) is 0.888. The smallest absolute Gasteiger partial charge is 0.243 e. The van der Waals surface area contributed by atoms with Crippen molar-refractivity contribution in [2.45, 2.75) is 23.3 Å². The van der Waals surface area contributed by atoms with Crippen LogP contribution >= 0.6 is 0 Å². The lowest BCUT2D eigenvalue weighted by Gasteiger charge is -2.26.